The molecule has 0 aliphatic heterocycles. The van der Waals surface area contributed by atoms with Gasteiger partial charge in [0.25, 0.3) is 0 Å². The van der Waals surface area contributed by atoms with Gasteiger partial charge in [-0.3, -0.25) is 4.79 Å². The van der Waals surface area contributed by atoms with Gasteiger partial charge in [-0.2, -0.15) is 0 Å². The summed E-state index contributed by atoms with van der Waals surface area (Å²) in [5, 5.41) is 9.33. The number of carbonyl (C=O) groups is 1. The number of aliphatic carboxylic acids is 1. The predicted octanol–water partition coefficient (Wildman–Crippen LogP) is 2.96. The molecular formula is C12H10ClNO2. The lowest BCUT2D eigenvalue weighted by Crippen LogP contribution is -1.99. The normalized spacial score (nSPS) is 10.3. The zero-order chi connectivity index (χ0) is 11.5. The number of carboxylic acids is 1. The SMILES string of the molecule is O=C(O)Cc1ccc(-c2ccc(Cl)cc2)[nH]1. The van der Waals surface area contributed by atoms with E-state index in [2.05, 4.69) is 4.98 Å². The molecule has 2 N–H and O–H groups in total. The van der Waals surface area contributed by atoms with Gasteiger partial charge in [-0.1, -0.05) is 23.7 Å². The highest BCUT2D eigenvalue weighted by atomic mass is 35.5. The maximum atomic E-state index is 10.5. The molecule has 4 heteroatoms. The molecule has 0 spiro atoms. The fourth-order valence-electron chi connectivity index (χ4n) is 1.50. The summed E-state index contributed by atoms with van der Waals surface area (Å²) < 4.78 is 0. The van der Waals surface area contributed by atoms with E-state index in [1.807, 2.05) is 18.2 Å². The molecular weight excluding hydrogens is 226 g/mol. The highest BCUT2D eigenvalue weighted by molar-refractivity contribution is 6.30. The first kappa shape index (κ1) is 10.8. The van der Waals surface area contributed by atoms with Gasteiger partial charge in [0.1, 0.15) is 0 Å². The molecule has 0 fully saturated rings. The van der Waals surface area contributed by atoms with Gasteiger partial charge in [0.15, 0.2) is 0 Å². The quantitative estimate of drug-likeness (QED) is 0.859. The van der Waals surface area contributed by atoms with E-state index in [4.69, 9.17) is 16.7 Å². The molecule has 0 bridgehead atoms. The summed E-state index contributed by atoms with van der Waals surface area (Å²) in [5.74, 6) is -0.843. The van der Waals surface area contributed by atoms with Gasteiger partial charge in [0.2, 0.25) is 0 Å². The van der Waals surface area contributed by atoms with Gasteiger partial charge in [0, 0.05) is 16.4 Å². The Kier molecular flexibility index (Phi) is 2.97. The van der Waals surface area contributed by atoms with E-state index >= 15 is 0 Å². The topological polar surface area (TPSA) is 53.1 Å². The number of aromatic amines is 1. The number of halogens is 1. The van der Waals surface area contributed by atoms with Gasteiger partial charge in [-0.25, -0.2) is 0 Å². The molecule has 0 saturated carbocycles. The van der Waals surface area contributed by atoms with Crippen LogP contribution in [0.3, 0.4) is 0 Å². The van der Waals surface area contributed by atoms with Crippen LogP contribution >= 0.6 is 11.6 Å². The second-order valence-electron chi connectivity index (χ2n) is 3.47. The third kappa shape index (κ3) is 2.44. The third-order valence-corrected chi connectivity index (χ3v) is 2.50. The molecule has 0 unspecified atom stereocenters. The summed E-state index contributed by atoms with van der Waals surface area (Å²) in [5.41, 5.74) is 2.58. The molecule has 82 valence electrons. The molecule has 1 aromatic heterocycles. The summed E-state index contributed by atoms with van der Waals surface area (Å²) in [6.07, 6.45) is 0.00753. The number of hydrogen-bond acceptors (Lipinski definition) is 1. The van der Waals surface area contributed by atoms with Gasteiger partial charge in [-0.05, 0) is 29.8 Å². The maximum absolute atomic E-state index is 10.5. The van der Waals surface area contributed by atoms with E-state index in [0.717, 1.165) is 11.3 Å². The van der Waals surface area contributed by atoms with Crippen LogP contribution in [-0.4, -0.2) is 16.1 Å². The first-order valence-corrected chi connectivity index (χ1v) is 5.18. The van der Waals surface area contributed by atoms with Crippen molar-refractivity contribution in [2.24, 2.45) is 0 Å². The molecule has 3 nitrogen and oxygen atoms in total. The molecule has 0 atom stereocenters. The summed E-state index contributed by atoms with van der Waals surface area (Å²) in [6.45, 7) is 0. The number of hydrogen-bond donors (Lipinski definition) is 2. The molecule has 1 heterocycles. The first-order chi connectivity index (χ1) is 7.65. The van der Waals surface area contributed by atoms with Crippen LogP contribution in [0.1, 0.15) is 5.69 Å². The molecule has 16 heavy (non-hydrogen) atoms. The van der Waals surface area contributed by atoms with E-state index in [9.17, 15) is 4.79 Å². The Morgan fingerprint density at radius 2 is 1.88 bits per heavy atom. The lowest BCUT2D eigenvalue weighted by molar-refractivity contribution is -0.136. The van der Waals surface area contributed by atoms with Crippen LogP contribution in [-0.2, 0) is 11.2 Å². The van der Waals surface area contributed by atoms with Crippen molar-refractivity contribution < 1.29 is 9.90 Å². The number of carboxylic acid groups (broad SMARTS) is 1. The van der Waals surface area contributed by atoms with Crippen molar-refractivity contribution in [3.8, 4) is 11.3 Å². The Labute approximate surface area is 97.7 Å². The van der Waals surface area contributed by atoms with Crippen molar-refractivity contribution in [3.63, 3.8) is 0 Å². The lowest BCUT2D eigenvalue weighted by atomic mass is 10.2. The van der Waals surface area contributed by atoms with Crippen molar-refractivity contribution >= 4 is 17.6 Å². The maximum Gasteiger partial charge on any atom is 0.309 e. The Morgan fingerprint density at radius 3 is 2.50 bits per heavy atom. The van der Waals surface area contributed by atoms with E-state index in [1.54, 1.807) is 18.2 Å². The van der Waals surface area contributed by atoms with Crippen molar-refractivity contribution in [1.82, 2.24) is 4.98 Å². The minimum Gasteiger partial charge on any atom is -0.481 e. The fraction of sp³-hybridized carbons (Fsp3) is 0.0833. The van der Waals surface area contributed by atoms with Crippen LogP contribution in [0, 0.1) is 0 Å². The third-order valence-electron chi connectivity index (χ3n) is 2.24. The summed E-state index contributed by atoms with van der Waals surface area (Å²) >= 11 is 5.79. The smallest absolute Gasteiger partial charge is 0.309 e. The second-order valence-corrected chi connectivity index (χ2v) is 3.91. The summed E-state index contributed by atoms with van der Waals surface area (Å²) in [7, 11) is 0. The largest absolute Gasteiger partial charge is 0.481 e. The van der Waals surface area contributed by atoms with Crippen molar-refractivity contribution in [1.29, 1.82) is 0 Å². The Morgan fingerprint density at radius 1 is 1.19 bits per heavy atom. The predicted molar refractivity (Wildman–Crippen MR) is 62.6 cm³/mol. The van der Waals surface area contributed by atoms with Crippen LogP contribution < -0.4 is 0 Å². The number of H-pyrrole nitrogens is 1. The molecule has 0 aliphatic rings. The van der Waals surface area contributed by atoms with Crippen molar-refractivity contribution in [2.45, 2.75) is 6.42 Å². The number of aromatic nitrogens is 1. The second kappa shape index (κ2) is 4.41. The van der Waals surface area contributed by atoms with Crippen LogP contribution in [0.5, 0.6) is 0 Å². The minimum absolute atomic E-state index is 0.00753. The Hall–Kier alpha value is -1.74. The van der Waals surface area contributed by atoms with Crippen LogP contribution in [0.2, 0.25) is 5.02 Å². The monoisotopic (exact) mass is 235 g/mol. The van der Waals surface area contributed by atoms with Crippen molar-refractivity contribution in [2.75, 3.05) is 0 Å². The average Bonchev–Trinajstić information content (AvgIpc) is 2.66. The zero-order valence-electron chi connectivity index (χ0n) is 8.40. The highest BCUT2D eigenvalue weighted by Crippen LogP contribution is 2.20. The Balaban J connectivity index is 2.24. The van der Waals surface area contributed by atoms with E-state index in [0.29, 0.717) is 10.7 Å². The van der Waals surface area contributed by atoms with E-state index in [-0.39, 0.29) is 6.42 Å². The average molecular weight is 236 g/mol. The summed E-state index contributed by atoms with van der Waals surface area (Å²) in [6, 6.07) is 11.0. The lowest BCUT2D eigenvalue weighted by Gasteiger charge is -1.98. The Bertz CT molecular complexity index is 502. The molecule has 0 aliphatic carbocycles. The minimum atomic E-state index is -0.843. The van der Waals surface area contributed by atoms with E-state index in [1.165, 1.54) is 0 Å². The first-order valence-electron chi connectivity index (χ1n) is 4.81. The van der Waals surface area contributed by atoms with Crippen molar-refractivity contribution in [3.05, 3.63) is 47.1 Å². The fourth-order valence-corrected chi connectivity index (χ4v) is 1.63. The highest BCUT2D eigenvalue weighted by Gasteiger charge is 2.04. The molecule has 0 radical (unpaired) electrons. The van der Waals surface area contributed by atoms with Crippen LogP contribution in [0.4, 0.5) is 0 Å². The number of nitrogens with one attached hydrogen (secondary N) is 1. The van der Waals surface area contributed by atoms with Gasteiger partial charge >= 0.3 is 5.97 Å². The summed E-state index contributed by atoms with van der Waals surface area (Å²) in [4.78, 5) is 13.6. The van der Waals surface area contributed by atoms with Crippen LogP contribution in [0.15, 0.2) is 36.4 Å². The molecule has 0 saturated heterocycles. The van der Waals surface area contributed by atoms with Gasteiger partial charge in [0.05, 0.1) is 6.42 Å². The molecule has 0 amide bonds. The zero-order valence-corrected chi connectivity index (χ0v) is 9.16. The standard InChI is InChI=1S/C12H10ClNO2/c13-9-3-1-8(2-4-9)11-6-5-10(14-11)7-12(15)16/h1-6,14H,7H2,(H,15,16). The molecule has 1 aromatic carbocycles. The van der Waals surface area contributed by atoms with Gasteiger partial charge in [-0.15, -0.1) is 0 Å². The van der Waals surface area contributed by atoms with Crippen LogP contribution in [0.25, 0.3) is 11.3 Å². The van der Waals surface area contributed by atoms with E-state index < -0.39 is 5.97 Å². The molecule has 2 aromatic rings. The number of benzene rings is 1. The molecule has 2 rings (SSSR count). The van der Waals surface area contributed by atoms with Gasteiger partial charge < -0.3 is 10.1 Å². The number of rotatable bonds is 3.